The van der Waals surface area contributed by atoms with Crippen LogP contribution in [0, 0.1) is 5.92 Å². The minimum atomic E-state index is -3.45. The first-order valence-corrected chi connectivity index (χ1v) is 9.27. The van der Waals surface area contributed by atoms with Crippen LogP contribution in [0.2, 0.25) is 0 Å². The third-order valence-electron chi connectivity index (χ3n) is 4.67. The number of hydrogen-bond donors (Lipinski definition) is 1. The number of fused-ring (bicyclic) bond motifs is 1. The lowest BCUT2D eigenvalue weighted by molar-refractivity contribution is 0.202. The number of benzene rings is 1. The van der Waals surface area contributed by atoms with E-state index in [2.05, 4.69) is 0 Å². The van der Waals surface area contributed by atoms with Gasteiger partial charge in [-0.15, -0.1) is 0 Å². The summed E-state index contributed by atoms with van der Waals surface area (Å²) in [7, 11) is -3.45. The number of nitrogens with zero attached hydrogens (tertiary/aromatic N) is 1. The molecule has 0 spiro atoms. The Balaban J connectivity index is 1.96. The van der Waals surface area contributed by atoms with Gasteiger partial charge in [-0.1, -0.05) is 30.8 Å². The van der Waals surface area contributed by atoms with Crippen molar-refractivity contribution in [1.29, 1.82) is 0 Å². The highest BCUT2D eigenvalue weighted by atomic mass is 32.2. The summed E-state index contributed by atoms with van der Waals surface area (Å²) < 4.78 is 27.6. The van der Waals surface area contributed by atoms with Gasteiger partial charge in [0.2, 0.25) is 10.0 Å². The SMILES string of the molecule is NC(=S)c1cccc(S(=O)(=O)N2CCCC3CCCC32)c1. The molecule has 1 aliphatic heterocycles. The molecule has 21 heavy (non-hydrogen) atoms. The second kappa shape index (κ2) is 5.66. The summed E-state index contributed by atoms with van der Waals surface area (Å²) in [5.41, 5.74) is 6.22. The first kappa shape index (κ1) is 14.9. The topological polar surface area (TPSA) is 63.4 Å². The van der Waals surface area contributed by atoms with E-state index in [1.165, 1.54) is 0 Å². The van der Waals surface area contributed by atoms with Gasteiger partial charge in [0.25, 0.3) is 0 Å². The molecule has 1 aliphatic carbocycles. The van der Waals surface area contributed by atoms with E-state index in [-0.39, 0.29) is 11.0 Å². The van der Waals surface area contributed by atoms with Crippen LogP contribution in [-0.2, 0) is 10.0 Å². The van der Waals surface area contributed by atoms with Gasteiger partial charge >= 0.3 is 0 Å². The lowest BCUT2D eigenvalue weighted by Crippen LogP contribution is -2.46. The molecule has 2 aliphatic rings. The van der Waals surface area contributed by atoms with E-state index >= 15 is 0 Å². The largest absolute Gasteiger partial charge is 0.389 e. The van der Waals surface area contributed by atoms with E-state index in [1.807, 2.05) is 0 Å². The molecule has 1 saturated heterocycles. The molecular formula is C15H20N2O2S2. The van der Waals surface area contributed by atoms with Gasteiger partial charge in [-0.2, -0.15) is 4.31 Å². The molecule has 0 bridgehead atoms. The highest BCUT2D eigenvalue weighted by Gasteiger charge is 2.41. The standard InChI is InChI=1S/C15H20N2O2S2/c16-15(20)12-5-1-7-13(10-12)21(18,19)17-9-3-6-11-4-2-8-14(11)17/h1,5,7,10-11,14H,2-4,6,8-9H2,(H2,16,20). The van der Waals surface area contributed by atoms with Crippen LogP contribution in [0.15, 0.2) is 29.2 Å². The summed E-state index contributed by atoms with van der Waals surface area (Å²) in [6.07, 6.45) is 5.38. The lowest BCUT2D eigenvalue weighted by Gasteiger charge is -2.36. The van der Waals surface area contributed by atoms with Gasteiger partial charge in [0.1, 0.15) is 4.99 Å². The molecule has 0 aromatic heterocycles. The van der Waals surface area contributed by atoms with Gasteiger partial charge in [0.15, 0.2) is 0 Å². The number of thiocarbonyl (C=S) groups is 1. The zero-order valence-corrected chi connectivity index (χ0v) is 13.5. The van der Waals surface area contributed by atoms with Gasteiger partial charge in [-0.25, -0.2) is 8.42 Å². The van der Waals surface area contributed by atoms with Crippen molar-refractivity contribution in [3.63, 3.8) is 0 Å². The quantitative estimate of drug-likeness (QED) is 0.867. The van der Waals surface area contributed by atoms with Gasteiger partial charge in [-0.05, 0) is 43.7 Å². The van der Waals surface area contributed by atoms with Gasteiger partial charge in [-0.3, -0.25) is 0 Å². The first-order chi connectivity index (χ1) is 10.00. The monoisotopic (exact) mass is 324 g/mol. The highest BCUT2D eigenvalue weighted by molar-refractivity contribution is 7.89. The predicted octanol–water partition coefficient (Wildman–Crippen LogP) is 2.27. The van der Waals surface area contributed by atoms with Crippen molar-refractivity contribution in [3.05, 3.63) is 29.8 Å². The number of piperidine rings is 1. The summed E-state index contributed by atoms with van der Waals surface area (Å²) in [6, 6.07) is 6.86. The Kier molecular flexibility index (Phi) is 4.03. The Labute approximate surface area is 131 Å². The van der Waals surface area contributed by atoms with Crippen LogP contribution < -0.4 is 5.73 Å². The van der Waals surface area contributed by atoms with E-state index < -0.39 is 10.0 Å². The molecule has 1 aromatic rings. The molecular weight excluding hydrogens is 304 g/mol. The van der Waals surface area contributed by atoms with E-state index in [0.717, 1.165) is 32.1 Å². The Morgan fingerprint density at radius 1 is 1.24 bits per heavy atom. The fourth-order valence-electron chi connectivity index (χ4n) is 3.65. The summed E-state index contributed by atoms with van der Waals surface area (Å²) in [5.74, 6) is 0.535. The minimum absolute atomic E-state index is 0.178. The second-order valence-electron chi connectivity index (χ2n) is 5.91. The molecule has 114 valence electrons. The maximum Gasteiger partial charge on any atom is 0.243 e. The third-order valence-corrected chi connectivity index (χ3v) is 6.82. The number of nitrogens with two attached hydrogens (primary N) is 1. The third kappa shape index (κ3) is 2.72. The summed E-state index contributed by atoms with van der Waals surface area (Å²) >= 11 is 4.95. The summed E-state index contributed by atoms with van der Waals surface area (Å²) in [5, 5.41) is 0. The van der Waals surface area contributed by atoms with Crippen LogP contribution in [0.5, 0.6) is 0 Å². The average Bonchev–Trinajstić information content (AvgIpc) is 2.95. The van der Waals surface area contributed by atoms with Crippen LogP contribution >= 0.6 is 12.2 Å². The minimum Gasteiger partial charge on any atom is -0.389 e. The van der Waals surface area contributed by atoms with Gasteiger partial charge in [0.05, 0.1) is 4.90 Å². The van der Waals surface area contributed by atoms with E-state index in [0.29, 0.717) is 22.9 Å². The zero-order chi connectivity index (χ0) is 15.0. The molecule has 0 amide bonds. The van der Waals surface area contributed by atoms with Crippen LogP contribution in [0.3, 0.4) is 0 Å². The van der Waals surface area contributed by atoms with Gasteiger partial charge in [0, 0.05) is 18.2 Å². The normalized spacial score (nSPS) is 26.5. The average molecular weight is 324 g/mol. The molecule has 2 atom stereocenters. The Bertz CT molecular complexity index is 657. The fraction of sp³-hybridized carbons (Fsp3) is 0.533. The second-order valence-corrected chi connectivity index (χ2v) is 8.24. The van der Waals surface area contributed by atoms with E-state index in [4.69, 9.17) is 18.0 Å². The van der Waals surface area contributed by atoms with Crippen molar-refractivity contribution >= 4 is 27.2 Å². The van der Waals surface area contributed by atoms with Crippen molar-refractivity contribution in [2.75, 3.05) is 6.54 Å². The molecule has 3 rings (SSSR count). The molecule has 4 nitrogen and oxygen atoms in total. The number of rotatable bonds is 3. The molecule has 1 saturated carbocycles. The van der Waals surface area contributed by atoms with Crippen molar-refractivity contribution < 1.29 is 8.42 Å². The number of hydrogen-bond acceptors (Lipinski definition) is 3. The van der Waals surface area contributed by atoms with Crippen LogP contribution in [0.1, 0.15) is 37.7 Å². The molecule has 2 fully saturated rings. The van der Waals surface area contributed by atoms with E-state index in [1.54, 1.807) is 28.6 Å². The van der Waals surface area contributed by atoms with Crippen molar-refractivity contribution in [3.8, 4) is 0 Å². The molecule has 0 radical (unpaired) electrons. The summed E-state index contributed by atoms with van der Waals surface area (Å²) in [4.78, 5) is 0.532. The van der Waals surface area contributed by atoms with E-state index in [9.17, 15) is 8.42 Å². The molecule has 6 heteroatoms. The van der Waals surface area contributed by atoms with Crippen LogP contribution in [0.4, 0.5) is 0 Å². The Morgan fingerprint density at radius 3 is 2.76 bits per heavy atom. The Morgan fingerprint density at radius 2 is 2.00 bits per heavy atom. The number of sulfonamides is 1. The Hall–Kier alpha value is -0.980. The maximum absolute atomic E-state index is 12.9. The van der Waals surface area contributed by atoms with Crippen LogP contribution in [-0.4, -0.2) is 30.3 Å². The molecule has 1 heterocycles. The van der Waals surface area contributed by atoms with Crippen LogP contribution in [0.25, 0.3) is 0 Å². The first-order valence-electron chi connectivity index (χ1n) is 7.42. The van der Waals surface area contributed by atoms with Crippen molar-refractivity contribution in [2.24, 2.45) is 11.7 Å². The zero-order valence-electron chi connectivity index (χ0n) is 11.9. The molecule has 1 aromatic carbocycles. The van der Waals surface area contributed by atoms with Crippen molar-refractivity contribution in [2.45, 2.75) is 43.0 Å². The maximum atomic E-state index is 12.9. The smallest absolute Gasteiger partial charge is 0.243 e. The molecule has 2 N–H and O–H groups in total. The van der Waals surface area contributed by atoms with Gasteiger partial charge < -0.3 is 5.73 Å². The fourth-order valence-corrected chi connectivity index (χ4v) is 5.58. The van der Waals surface area contributed by atoms with Crippen molar-refractivity contribution in [1.82, 2.24) is 4.31 Å². The predicted molar refractivity (Wildman–Crippen MR) is 86.6 cm³/mol. The highest BCUT2D eigenvalue weighted by Crippen LogP contribution is 2.39. The molecule has 2 unspecified atom stereocenters. The summed E-state index contributed by atoms with van der Waals surface area (Å²) in [6.45, 7) is 0.626. The lowest BCUT2D eigenvalue weighted by atomic mass is 9.94.